The Morgan fingerprint density at radius 3 is 2.47 bits per heavy atom. The van der Waals surface area contributed by atoms with Crippen molar-refractivity contribution >= 4 is 17.7 Å². The lowest BCUT2D eigenvalue weighted by atomic mass is 10.0. The third-order valence-electron chi connectivity index (χ3n) is 6.48. The number of carbonyl (C=O) groups is 3. The molecule has 2 heterocycles. The smallest absolute Gasteiger partial charge is 0.257 e. The number of likely N-dealkylation sites (tertiary alicyclic amines) is 1. The molecule has 34 heavy (non-hydrogen) atoms. The van der Waals surface area contributed by atoms with Crippen LogP contribution < -0.4 is 9.47 Å². The van der Waals surface area contributed by atoms with Gasteiger partial charge in [-0.15, -0.1) is 0 Å². The quantitative estimate of drug-likeness (QED) is 0.628. The summed E-state index contributed by atoms with van der Waals surface area (Å²) in [6.07, 6.45) is 1.48. The largest absolute Gasteiger partial charge is 0.497 e. The Labute approximate surface area is 200 Å². The topological polar surface area (TPSA) is 79.4 Å². The minimum Gasteiger partial charge on any atom is -0.497 e. The van der Waals surface area contributed by atoms with E-state index >= 15 is 0 Å². The van der Waals surface area contributed by atoms with Crippen LogP contribution in [-0.2, 0) is 9.59 Å². The number of hydrogen-bond donors (Lipinski definition) is 0. The summed E-state index contributed by atoms with van der Waals surface area (Å²) in [7, 11) is 1.61. The van der Waals surface area contributed by atoms with Gasteiger partial charge in [-0.3, -0.25) is 14.4 Å². The van der Waals surface area contributed by atoms with Crippen LogP contribution in [-0.4, -0.2) is 78.9 Å². The average Bonchev–Trinajstić information content (AvgIpc) is 3.28. The molecular formula is C26H31N3O5. The number of amides is 3. The molecule has 3 amide bonds. The summed E-state index contributed by atoms with van der Waals surface area (Å²) in [5.74, 6) is 1.25. The van der Waals surface area contributed by atoms with Crippen LogP contribution in [0, 0.1) is 0 Å². The Morgan fingerprint density at radius 2 is 1.79 bits per heavy atom. The molecule has 1 atom stereocenters. The van der Waals surface area contributed by atoms with E-state index in [1.807, 2.05) is 36.4 Å². The van der Waals surface area contributed by atoms with Gasteiger partial charge in [0.05, 0.1) is 25.3 Å². The molecule has 4 rings (SSSR count). The summed E-state index contributed by atoms with van der Waals surface area (Å²) in [5, 5.41) is 0. The molecule has 0 aromatic heterocycles. The van der Waals surface area contributed by atoms with Crippen molar-refractivity contribution < 1.29 is 23.9 Å². The maximum absolute atomic E-state index is 13.5. The second kappa shape index (κ2) is 10.6. The molecule has 2 saturated heterocycles. The molecule has 0 spiro atoms. The van der Waals surface area contributed by atoms with E-state index < -0.39 is 0 Å². The van der Waals surface area contributed by atoms with E-state index in [0.717, 1.165) is 24.3 Å². The van der Waals surface area contributed by atoms with E-state index in [2.05, 4.69) is 0 Å². The lowest BCUT2D eigenvalue weighted by Gasteiger charge is -2.41. The van der Waals surface area contributed by atoms with E-state index in [4.69, 9.17) is 9.47 Å². The standard InChI is InChI=1S/C26H31N3O5/c1-19(30)29-15-14-28(18-23(29)20-9-11-21(33-2)12-10-20)26(32)22-6-3-4-7-24(22)34-17-16-27-13-5-8-25(27)31/h3-4,6-7,9-12,23H,5,8,13-18H2,1-2H3. The predicted molar refractivity (Wildman–Crippen MR) is 127 cm³/mol. The fourth-order valence-corrected chi connectivity index (χ4v) is 4.60. The summed E-state index contributed by atoms with van der Waals surface area (Å²) in [5.41, 5.74) is 1.44. The number of nitrogens with zero attached hydrogens (tertiary/aromatic N) is 3. The molecule has 8 nitrogen and oxygen atoms in total. The number of ether oxygens (including phenoxy) is 2. The number of methoxy groups -OCH3 is 1. The van der Waals surface area contributed by atoms with Gasteiger partial charge in [0.1, 0.15) is 18.1 Å². The molecule has 0 saturated carbocycles. The summed E-state index contributed by atoms with van der Waals surface area (Å²) < 4.78 is 11.2. The van der Waals surface area contributed by atoms with Crippen LogP contribution in [0.1, 0.15) is 41.7 Å². The Bertz CT molecular complexity index is 1040. The molecule has 2 aliphatic rings. The van der Waals surface area contributed by atoms with Gasteiger partial charge in [-0.1, -0.05) is 24.3 Å². The normalized spacial score (nSPS) is 18.2. The van der Waals surface area contributed by atoms with Crippen molar-refractivity contribution in [3.8, 4) is 11.5 Å². The van der Waals surface area contributed by atoms with Crippen molar-refractivity contribution in [1.29, 1.82) is 0 Å². The Kier molecular flexibility index (Phi) is 7.35. The van der Waals surface area contributed by atoms with Crippen LogP contribution >= 0.6 is 0 Å². The number of carbonyl (C=O) groups excluding carboxylic acids is 3. The maximum atomic E-state index is 13.5. The molecule has 2 aliphatic heterocycles. The number of piperazine rings is 1. The van der Waals surface area contributed by atoms with Gasteiger partial charge < -0.3 is 24.2 Å². The Morgan fingerprint density at radius 1 is 1.03 bits per heavy atom. The van der Waals surface area contributed by atoms with Crippen LogP contribution in [0.25, 0.3) is 0 Å². The highest BCUT2D eigenvalue weighted by atomic mass is 16.5. The van der Waals surface area contributed by atoms with Crippen molar-refractivity contribution in [2.45, 2.75) is 25.8 Å². The highest BCUT2D eigenvalue weighted by Crippen LogP contribution is 2.29. The zero-order chi connectivity index (χ0) is 24.1. The summed E-state index contributed by atoms with van der Waals surface area (Å²) in [6, 6.07) is 14.6. The monoisotopic (exact) mass is 465 g/mol. The average molecular weight is 466 g/mol. The molecular weight excluding hydrogens is 434 g/mol. The fraction of sp³-hybridized carbons (Fsp3) is 0.423. The van der Waals surface area contributed by atoms with Gasteiger partial charge in [0, 0.05) is 39.5 Å². The highest BCUT2D eigenvalue weighted by molar-refractivity contribution is 5.97. The second-order valence-corrected chi connectivity index (χ2v) is 8.58. The Balaban J connectivity index is 1.47. The first kappa shape index (κ1) is 23.6. The molecule has 1 unspecified atom stereocenters. The van der Waals surface area contributed by atoms with Gasteiger partial charge in [-0.2, -0.15) is 0 Å². The zero-order valence-electron chi connectivity index (χ0n) is 19.7. The number of benzene rings is 2. The van der Waals surface area contributed by atoms with E-state index in [-0.39, 0.29) is 23.8 Å². The minimum absolute atomic E-state index is 0.0203. The van der Waals surface area contributed by atoms with Crippen molar-refractivity contribution in [2.75, 3.05) is 46.4 Å². The molecule has 2 fully saturated rings. The van der Waals surface area contributed by atoms with Crippen molar-refractivity contribution in [1.82, 2.24) is 14.7 Å². The third-order valence-corrected chi connectivity index (χ3v) is 6.48. The van der Waals surface area contributed by atoms with Crippen LogP contribution in [0.3, 0.4) is 0 Å². The van der Waals surface area contributed by atoms with Gasteiger partial charge in [-0.25, -0.2) is 0 Å². The van der Waals surface area contributed by atoms with Gasteiger partial charge in [0.25, 0.3) is 5.91 Å². The third kappa shape index (κ3) is 5.16. The van der Waals surface area contributed by atoms with E-state index in [1.165, 1.54) is 0 Å². The second-order valence-electron chi connectivity index (χ2n) is 8.58. The molecule has 0 aliphatic carbocycles. The molecule has 2 aromatic rings. The molecule has 0 radical (unpaired) electrons. The number of hydrogen-bond acceptors (Lipinski definition) is 5. The maximum Gasteiger partial charge on any atom is 0.257 e. The van der Waals surface area contributed by atoms with Crippen molar-refractivity contribution in [2.24, 2.45) is 0 Å². The number of para-hydroxylation sites is 1. The molecule has 0 bridgehead atoms. The van der Waals surface area contributed by atoms with Crippen molar-refractivity contribution in [3.63, 3.8) is 0 Å². The van der Waals surface area contributed by atoms with Crippen LogP contribution in [0.5, 0.6) is 11.5 Å². The van der Waals surface area contributed by atoms with Crippen LogP contribution in [0.4, 0.5) is 0 Å². The molecule has 180 valence electrons. The first-order valence-corrected chi connectivity index (χ1v) is 11.7. The Hall–Kier alpha value is -3.55. The summed E-state index contributed by atoms with van der Waals surface area (Å²) in [4.78, 5) is 43.0. The summed E-state index contributed by atoms with van der Waals surface area (Å²) in [6.45, 7) is 4.46. The SMILES string of the molecule is COc1ccc(C2CN(C(=O)c3ccccc3OCCN3CCCC3=O)CCN2C(C)=O)cc1. The van der Waals surface area contributed by atoms with Crippen molar-refractivity contribution in [3.05, 3.63) is 59.7 Å². The molecule has 0 N–H and O–H groups in total. The van der Waals surface area contributed by atoms with Crippen LogP contribution in [0.15, 0.2) is 48.5 Å². The minimum atomic E-state index is -0.240. The fourth-order valence-electron chi connectivity index (χ4n) is 4.60. The lowest BCUT2D eigenvalue weighted by molar-refractivity contribution is -0.133. The van der Waals surface area contributed by atoms with Gasteiger partial charge >= 0.3 is 0 Å². The van der Waals surface area contributed by atoms with E-state index in [9.17, 15) is 14.4 Å². The van der Waals surface area contributed by atoms with Gasteiger partial charge in [0.15, 0.2) is 0 Å². The summed E-state index contributed by atoms with van der Waals surface area (Å²) >= 11 is 0. The van der Waals surface area contributed by atoms with Gasteiger partial charge in [0.2, 0.25) is 11.8 Å². The van der Waals surface area contributed by atoms with E-state index in [0.29, 0.717) is 50.5 Å². The number of rotatable bonds is 7. The molecule has 8 heteroatoms. The zero-order valence-corrected chi connectivity index (χ0v) is 19.7. The first-order valence-electron chi connectivity index (χ1n) is 11.7. The predicted octanol–water partition coefficient (Wildman–Crippen LogP) is 2.74. The molecule has 2 aromatic carbocycles. The lowest BCUT2D eigenvalue weighted by Crippen LogP contribution is -2.51. The van der Waals surface area contributed by atoms with E-state index in [1.54, 1.807) is 40.9 Å². The highest BCUT2D eigenvalue weighted by Gasteiger charge is 2.33. The first-order chi connectivity index (χ1) is 16.5. The van der Waals surface area contributed by atoms with Crippen LogP contribution in [0.2, 0.25) is 0 Å². The van der Waals surface area contributed by atoms with Gasteiger partial charge in [-0.05, 0) is 36.2 Å².